The van der Waals surface area contributed by atoms with Crippen LogP contribution in [0.25, 0.3) is 0 Å². The van der Waals surface area contributed by atoms with Gasteiger partial charge in [-0.15, -0.1) is 0 Å². The number of halogens is 2. The lowest BCUT2D eigenvalue weighted by atomic mass is 10.2. The smallest absolute Gasteiger partial charge is 0.254 e. The van der Waals surface area contributed by atoms with Gasteiger partial charge in [-0.2, -0.15) is 0 Å². The highest BCUT2D eigenvalue weighted by Gasteiger charge is 2.13. The molecule has 1 aromatic heterocycles. The average molecular weight is 355 g/mol. The van der Waals surface area contributed by atoms with E-state index in [0.717, 1.165) is 11.6 Å². The minimum absolute atomic E-state index is 0.0133. The maximum atomic E-state index is 13.6. The van der Waals surface area contributed by atoms with Gasteiger partial charge in [-0.1, -0.05) is 15.9 Å². The van der Waals surface area contributed by atoms with E-state index in [1.807, 2.05) is 30.6 Å². The highest BCUT2D eigenvalue weighted by Crippen LogP contribution is 2.16. The number of amides is 1. The molecule has 0 unspecified atom stereocenters. The van der Waals surface area contributed by atoms with Crippen molar-refractivity contribution < 1.29 is 9.18 Å². The Morgan fingerprint density at radius 3 is 2.81 bits per heavy atom. The molecule has 0 aliphatic heterocycles. The molecule has 0 radical (unpaired) electrons. The first kappa shape index (κ1) is 15.5. The second-order valence-corrected chi connectivity index (χ2v) is 5.73. The Bertz CT molecular complexity index is 669. The van der Waals surface area contributed by atoms with E-state index < -0.39 is 11.7 Å². The molecule has 21 heavy (non-hydrogen) atoms. The van der Waals surface area contributed by atoms with E-state index in [9.17, 15) is 9.18 Å². The van der Waals surface area contributed by atoms with Crippen molar-refractivity contribution in [2.75, 3.05) is 19.0 Å². The zero-order valence-corrected chi connectivity index (χ0v) is 13.6. The summed E-state index contributed by atoms with van der Waals surface area (Å²) in [4.78, 5) is 18.2. The molecule has 5 nitrogen and oxygen atoms in total. The Morgan fingerprint density at radius 2 is 2.19 bits per heavy atom. The third-order valence-electron chi connectivity index (χ3n) is 3.06. The van der Waals surface area contributed by atoms with E-state index in [4.69, 9.17) is 0 Å². The molecule has 1 heterocycles. The lowest BCUT2D eigenvalue weighted by Gasteiger charge is -2.13. The molecule has 0 spiro atoms. The van der Waals surface area contributed by atoms with Gasteiger partial charge in [-0.25, -0.2) is 9.37 Å². The topological polar surface area (TPSA) is 50.2 Å². The van der Waals surface area contributed by atoms with Crippen LogP contribution in [0, 0.1) is 5.82 Å². The fourth-order valence-corrected chi connectivity index (χ4v) is 2.31. The van der Waals surface area contributed by atoms with Crippen molar-refractivity contribution in [3.8, 4) is 0 Å². The molecule has 0 saturated carbocycles. The first-order valence-corrected chi connectivity index (χ1v) is 7.10. The quantitative estimate of drug-likeness (QED) is 0.916. The summed E-state index contributed by atoms with van der Waals surface area (Å²) in [6, 6.07) is 4.27. The van der Waals surface area contributed by atoms with Crippen LogP contribution in [0.4, 0.5) is 10.3 Å². The van der Waals surface area contributed by atoms with Crippen molar-refractivity contribution >= 4 is 27.8 Å². The fraction of sp³-hybridized carbons (Fsp3) is 0.286. The minimum Gasteiger partial charge on any atom is -0.348 e. The second kappa shape index (κ2) is 6.26. The molecule has 0 fully saturated rings. The highest BCUT2D eigenvalue weighted by atomic mass is 79.9. The molecule has 0 aliphatic carbocycles. The Kier molecular flexibility index (Phi) is 4.62. The summed E-state index contributed by atoms with van der Waals surface area (Å²) in [5, 5.41) is 2.70. The van der Waals surface area contributed by atoms with Crippen LogP contribution < -0.4 is 10.2 Å². The fourth-order valence-electron chi connectivity index (χ4n) is 1.95. The average Bonchev–Trinajstić information content (AvgIpc) is 2.80. The zero-order chi connectivity index (χ0) is 15.6. The third kappa shape index (κ3) is 3.41. The number of anilines is 1. The van der Waals surface area contributed by atoms with E-state index in [1.165, 1.54) is 12.1 Å². The summed E-state index contributed by atoms with van der Waals surface area (Å²) in [6.07, 6.45) is 1.69. The number of carbonyl (C=O) groups is 1. The molecular weight excluding hydrogens is 339 g/mol. The van der Waals surface area contributed by atoms with Gasteiger partial charge in [0.1, 0.15) is 5.82 Å². The van der Waals surface area contributed by atoms with Crippen molar-refractivity contribution in [2.24, 2.45) is 7.05 Å². The first-order valence-electron chi connectivity index (χ1n) is 6.31. The van der Waals surface area contributed by atoms with Crippen LogP contribution in [0.15, 0.2) is 28.9 Å². The lowest BCUT2D eigenvalue weighted by Crippen LogP contribution is -2.25. The van der Waals surface area contributed by atoms with E-state index in [2.05, 4.69) is 26.2 Å². The van der Waals surface area contributed by atoms with Gasteiger partial charge < -0.3 is 14.8 Å². The summed E-state index contributed by atoms with van der Waals surface area (Å²) in [6.45, 7) is 0.280. The van der Waals surface area contributed by atoms with Crippen molar-refractivity contribution in [3.05, 3.63) is 45.9 Å². The standard InChI is InChI=1S/C14H16BrFN4O/c1-19(2)14-18-8-10(20(14)3)7-17-13(21)11-6-9(15)4-5-12(11)16/h4-6,8H,7H2,1-3H3,(H,17,21). The second-order valence-electron chi connectivity index (χ2n) is 4.81. The van der Waals surface area contributed by atoms with Crippen LogP contribution in [0.2, 0.25) is 0 Å². The Morgan fingerprint density at radius 1 is 1.48 bits per heavy atom. The Balaban J connectivity index is 2.09. The number of rotatable bonds is 4. The molecule has 7 heteroatoms. The van der Waals surface area contributed by atoms with E-state index >= 15 is 0 Å². The van der Waals surface area contributed by atoms with Gasteiger partial charge in [0.2, 0.25) is 5.95 Å². The van der Waals surface area contributed by atoms with Crippen molar-refractivity contribution in [1.29, 1.82) is 0 Å². The van der Waals surface area contributed by atoms with Crippen molar-refractivity contribution in [1.82, 2.24) is 14.9 Å². The number of benzene rings is 1. The summed E-state index contributed by atoms with van der Waals surface area (Å²) >= 11 is 3.23. The number of aromatic nitrogens is 2. The van der Waals surface area contributed by atoms with Gasteiger partial charge in [0.15, 0.2) is 0 Å². The normalized spacial score (nSPS) is 10.5. The van der Waals surface area contributed by atoms with Gasteiger partial charge in [0, 0.05) is 25.6 Å². The molecule has 2 aromatic rings. The van der Waals surface area contributed by atoms with Crippen LogP contribution in [-0.4, -0.2) is 29.6 Å². The number of carbonyl (C=O) groups excluding carboxylic acids is 1. The maximum absolute atomic E-state index is 13.6. The zero-order valence-electron chi connectivity index (χ0n) is 12.0. The van der Waals surface area contributed by atoms with Crippen molar-refractivity contribution in [2.45, 2.75) is 6.54 Å². The molecule has 0 atom stereocenters. The van der Waals surface area contributed by atoms with Crippen LogP contribution in [0.5, 0.6) is 0 Å². The van der Waals surface area contributed by atoms with Crippen LogP contribution in [-0.2, 0) is 13.6 Å². The van der Waals surface area contributed by atoms with Gasteiger partial charge in [-0.05, 0) is 18.2 Å². The van der Waals surface area contributed by atoms with Gasteiger partial charge in [0.05, 0.1) is 24.0 Å². The largest absolute Gasteiger partial charge is 0.348 e. The Hall–Kier alpha value is -1.89. The molecule has 0 bridgehead atoms. The lowest BCUT2D eigenvalue weighted by molar-refractivity contribution is 0.0946. The number of nitrogens with one attached hydrogen (secondary N) is 1. The maximum Gasteiger partial charge on any atom is 0.254 e. The number of hydrogen-bond donors (Lipinski definition) is 1. The summed E-state index contributed by atoms with van der Waals surface area (Å²) in [7, 11) is 5.65. The predicted octanol–water partition coefficient (Wildman–Crippen LogP) is 2.32. The number of imidazole rings is 1. The summed E-state index contributed by atoms with van der Waals surface area (Å²) in [5.74, 6) is -0.219. The van der Waals surface area contributed by atoms with Crippen LogP contribution in [0.1, 0.15) is 16.1 Å². The first-order chi connectivity index (χ1) is 9.90. The van der Waals surface area contributed by atoms with E-state index in [1.54, 1.807) is 12.3 Å². The van der Waals surface area contributed by atoms with Gasteiger partial charge in [-0.3, -0.25) is 4.79 Å². The van der Waals surface area contributed by atoms with Crippen LogP contribution in [0.3, 0.4) is 0 Å². The SMILES string of the molecule is CN(C)c1ncc(CNC(=O)c2cc(Br)ccc2F)n1C. The third-order valence-corrected chi connectivity index (χ3v) is 3.56. The summed E-state index contributed by atoms with van der Waals surface area (Å²) < 4.78 is 16.2. The number of hydrogen-bond acceptors (Lipinski definition) is 3. The molecule has 1 N–H and O–H groups in total. The molecule has 112 valence electrons. The summed E-state index contributed by atoms with van der Waals surface area (Å²) in [5.41, 5.74) is 0.849. The molecule has 1 aromatic carbocycles. The predicted molar refractivity (Wildman–Crippen MR) is 82.8 cm³/mol. The molecule has 2 rings (SSSR count). The van der Waals surface area contributed by atoms with Crippen molar-refractivity contribution in [3.63, 3.8) is 0 Å². The van der Waals surface area contributed by atoms with E-state index in [0.29, 0.717) is 4.47 Å². The molecule has 0 saturated heterocycles. The molecule has 1 amide bonds. The highest BCUT2D eigenvalue weighted by molar-refractivity contribution is 9.10. The molecule has 0 aliphatic rings. The van der Waals surface area contributed by atoms with Gasteiger partial charge >= 0.3 is 0 Å². The van der Waals surface area contributed by atoms with Crippen LogP contribution >= 0.6 is 15.9 Å². The Labute approximate surface area is 130 Å². The number of nitrogens with zero attached hydrogens (tertiary/aromatic N) is 3. The molecular formula is C14H16BrFN4O. The monoisotopic (exact) mass is 354 g/mol. The minimum atomic E-state index is -0.547. The van der Waals surface area contributed by atoms with Gasteiger partial charge in [0.25, 0.3) is 5.91 Å². The van der Waals surface area contributed by atoms with E-state index in [-0.39, 0.29) is 12.1 Å².